The molecular formula is C45H66O8. The highest BCUT2D eigenvalue weighted by Gasteiger charge is 2.27. The van der Waals surface area contributed by atoms with Gasteiger partial charge in [0.1, 0.15) is 24.7 Å². The van der Waals surface area contributed by atoms with Crippen LogP contribution >= 0.6 is 0 Å². The Morgan fingerprint density at radius 2 is 1.13 bits per heavy atom. The molecule has 4 atom stereocenters. The average molecular weight is 735 g/mol. The van der Waals surface area contributed by atoms with E-state index in [0.717, 1.165) is 71.9 Å². The second kappa shape index (κ2) is 23.2. The lowest BCUT2D eigenvalue weighted by Gasteiger charge is -2.27. The molecule has 0 aliphatic heterocycles. The van der Waals surface area contributed by atoms with Crippen LogP contribution in [0, 0.1) is 11.8 Å². The number of hydrogen-bond donors (Lipinski definition) is 0. The van der Waals surface area contributed by atoms with E-state index in [1.165, 1.54) is 18.4 Å². The summed E-state index contributed by atoms with van der Waals surface area (Å²) < 4.78 is 37.1. The molecule has 0 amide bonds. The number of rotatable bonds is 26. The third-order valence-corrected chi connectivity index (χ3v) is 10.0. The maximum Gasteiger partial charge on any atom is 0.333 e. The summed E-state index contributed by atoms with van der Waals surface area (Å²) in [6, 6.07) is 8.00. The van der Waals surface area contributed by atoms with Crippen LogP contribution in [0.4, 0.5) is 0 Å². The Bertz CT molecular complexity index is 1520. The zero-order chi connectivity index (χ0) is 38.8. The van der Waals surface area contributed by atoms with Gasteiger partial charge in [-0.15, -0.1) is 0 Å². The van der Waals surface area contributed by atoms with Crippen molar-refractivity contribution in [3.63, 3.8) is 0 Å². The zero-order valence-electron chi connectivity index (χ0n) is 33.7. The van der Waals surface area contributed by atoms with E-state index in [1.54, 1.807) is 13.8 Å². The highest BCUT2D eigenvalue weighted by molar-refractivity contribution is 5.96. The SMILES string of the molecule is C=C(C)C(=O)OC(COCCC(CC)CCC)COc1c2c(c(OCC(COCCC(CC)CCC)OC(=O)C(=C)C)c3ccccc13)CC(C)=CC2. The third-order valence-electron chi connectivity index (χ3n) is 10.0. The normalized spacial score (nSPS) is 14.7. The summed E-state index contributed by atoms with van der Waals surface area (Å²) in [5, 5.41) is 1.78. The number of hydrogen-bond acceptors (Lipinski definition) is 8. The highest BCUT2D eigenvalue weighted by Crippen LogP contribution is 2.44. The Morgan fingerprint density at radius 3 is 1.55 bits per heavy atom. The minimum Gasteiger partial charge on any atom is -0.489 e. The predicted octanol–water partition coefficient (Wildman–Crippen LogP) is 10.1. The predicted molar refractivity (Wildman–Crippen MR) is 214 cm³/mol. The van der Waals surface area contributed by atoms with Gasteiger partial charge in [0, 0.05) is 46.3 Å². The summed E-state index contributed by atoms with van der Waals surface area (Å²) in [7, 11) is 0. The van der Waals surface area contributed by atoms with Crippen LogP contribution in [0.1, 0.15) is 111 Å². The largest absolute Gasteiger partial charge is 0.489 e. The summed E-state index contributed by atoms with van der Waals surface area (Å²) in [5.41, 5.74) is 3.93. The molecule has 0 aromatic heterocycles. The molecule has 0 fully saturated rings. The van der Waals surface area contributed by atoms with Crippen molar-refractivity contribution in [2.75, 3.05) is 39.6 Å². The lowest BCUT2D eigenvalue weighted by atomic mass is 9.87. The second-order valence-corrected chi connectivity index (χ2v) is 14.7. The fourth-order valence-electron chi connectivity index (χ4n) is 6.78. The van der Waals surface area contributed by atoms with Gasteiger partial charge in [-0.1, -0.05) is 115 Å². The van der Waals surface area contributed by atoms with Gasteiger partial charge >= 0.3 is 11.9 Å². The van der Waals surface area contributed by atoms with Crippen molar-refractivity contribution in [2.24, 2.45) is 11.8 Å². The number of esters is 2. The Labute approximate surface area is 319 Å². The minimum atomic E-state index is -0.616. The fraction of sp³-hybridized carbons (Fsp3) is 0.600. The maximum absolute atomic E-state index is 12.7. The van der Waals surface area contributed by atoms with E-state index in [9.17, 15) is 9.59 Å². The molecule has 4 unspecified atom stereocenters. The first-order valence-electron chi connectivity index (χ1n) is 19.9. The van der Waals surface area contributed by atoms with Crippen molar-refractivity contribution in [1.29, 1.82) is 0 Å². The number of carbonyl (C=O) groups is 2. The first-order chi connectivity index (χ1) is 25.5. The van der Waals surface area contributed by atoms with E-state index in [2.05, 4.69) is 53.9 Å². The van der Waals surface area contributed by atoms with Gasteiger partial charge in [-0.3, -0.25) is 0 Å². The van der Waals surface area contributed by atoms with Crippen LogP contribution in [0.5, 0.6) is 11.5 Å². The van der Waals surface area contributed by atoms with E-state index in [0.29, 0.717) is 49.0 Å². The maximum atomic E-state index is 12.7. The van der Waals surface area contributed by atoms with Crippen LogP contribution < -0.4 is 9.47 Å². The quantitative estimate of drug-likeness (QED) is 0.0409. The molecule has 3 rings (SSSR count). The minimum absolute atomic E-state index is 0.123. The van der Waals surface area contributed by atoms with Crippen molar-refractivity contribution in [2.45, 2.75) is 125 Å². The van der Waals surface area contributed by atoms with Crippen LogP contribution in [0.2, 0.25) is 0 Å². The molecule has 0 spiro atoms. The van der Waals surface area contributed by atoms with E-state index >= 15 is 0 Å². The van der Waals surface area contributed by atoms with Crippen LogP contribution in [0.15, 0.2) is 60.2 Å². The second-order valence-electron chi connectivity index (χ2n) is 14.7. The first kappa shape index (κ1) is 43.8. The number of allylic oxidation sites excluding steroid dienone is 2. The van der Waals surface area contributed by atoms with Gasteiger partial charge in [0.25, 0.3) is 0 Å². The van der Waals surface area contributed by atoms with Crippen molar-refractivity contribution in [3.05, 3.63) is 71.3 Å². The van der Waals surface area contributed by atoms with Gasteiger partial charge < -0.3 is 28.4 Å². The third kappa shape index (κ3) is 13.9. The van der Waals surface area contributed by atoms with Crippen molar-refractivity contribution in [3.8, 4) is 11.5 Å². The Morgan fingerprint density at radius 1 is 0.679 bits per heavy atom. The molecule has 8 nitrogen and oxygen atoms in total. The molecule has 0 saturated heterocycles. The lowest BCUT2D eigenvalue weighted by Crippen LogP contribution is -2.31. The summed E-state index contributed by atoms with van der Waals surface area (Å²) in [6.45, 7) is 23.7. The number of carbonyl (C=O) groups excluding carboxylic acids is 2. The molecule has 2 aromatic rings. The molecule has 0 saturated carbocycles. The molecular weight excluding hydrogens is 668 g/mol. The van der Waals surface area contributed by atoms with Crippen LogP contribution in [-0.4, -0.2) is 63.8 Å². The number of ether oxygens (including phenoxy) is 6. The van der Waals surface area contributed by atoms with Crippen LogP contribution in [0.3, 0.4) is 0 Å². The summed E-state index contributed by atoms with van der Waals surface area (Å²) in [4.78, 5) is 25.3. The highest BCUT2D eigenvalue weighted by atomic mass is 16.6. The van der Waals surface area contributed by atoms with E-state index in [-0.39, 0.29) is 26.4 Å². The first-order valence-corrected chi connectivity index (χ1v) is 19.9. The number of fused-ring (bicyclic) bond motifs is 2. The van der Waals surface area contributed by atoms with Crippen LogP contribution in [0.25, 0.3) is 10.8 Å². The summed E-state index contributed by atoms with van der Waals surface area (Å²) >= 11 is 0. The van der Waals surface area contributed by atoms with E-state index in [1.807, 2.05) is 24.3 Å². The molecule has 1 aliphatic rings. The molecule has 0 heterocycles. The lowest BCUT2D eigenvalue weighted by molar-refractivity contribution is -0.150. The monoisotopic (exact) mass is 734 g/mol. The van der Waals surface area contributed by atoms with Gasteiger partial charge in [-0.2, -0.15) is 0 Å². The smallest absolute Gasteiger partial charge is 0.333 e. The zero-order valence-corrected chi connectivity index (χ0v) is 33.7. The molecule has 294 valence electrons. The standard InChI is InChI=1S/C45H66O8/c1-10-16-34(12-3)22-24-48-27-36(52-44(46)31(5)6)29-50-42-38-18-14-15-19-39(38)43(41-26-33(9)20-21-40(41)42)51-30-37(53-45(47)32(7)8)28-49-25-23-35(13-4)17-11-2/h14-15,18-20,34-37H,5,7,10-13,16-17,21-30H2,1-4,6,8-9H3. The molecule has 2 aromatic carbocycles. The van der Waals surface area contributed by atoms with E-state index < -0.39 is 24.1 Å². The summed E-state index contributed by atoms with van der Waals surface area (Å²) in [6.07, 6.45) is 11.1. The average Bonchev–Trinajstić information content (AvgIpc) is 3.14. The molecule has 8 heteroatoms. The van der Waals surface area contributed by atoms with Gasteiger partial charge in [-0.25, -0.2) is 9.59 Å². The van der Waals surface area contributed by atoms with Gasteiger partial charge in [0.05, 0.1) is 13.2 Å². The molecule has 0 radical (unpaired) electrons. The van der Waals surface area contributed by atoms with Gasteiger partial charge in [-0.05, 0) is 58.3 Å². The van der Waals surface area contributed by atoms with Crippen molar-refractivity contribution < 1.29 is 38.0 Å². The molecule has 1 aliphatic carbocycles. The van der Waals surface area contributed by atoms with Crippen LogP contribution in [-0.2, 0) is 41.4 Å². The summed E-state index contributed by atoms with van der Waals surface area (Å²) in [5.74, 6) is 1.78. The van der Waals surface area contributed by atoms with Gasteiger partial charge in [0.15, 0.2) is 12.2 Å². The van der Waals surface area contributed by atoms with E-state index in [4.69, 9.17) is 28.4 Å². The molecule has 0 bridgehead atoms. The Balaban J connectivity index is 1.87. The van der Waals surface area contributed by atoms with Gasteiger partial charge in [0.2, 0.25) is 0 Å². The fourth-order valence-corrected chi connectivity index (χ4v) is 6.78. The van der Waals surface area contributed by atoms with Crippen molar-refractivity contribution >= 4 is 22.7 Å². The molecule has 0 N–H and O–H groups in total. The van der Waals surface area contributed by atoms with Crippen molar-refractivity contribution in [1.82, 2.24) is 0 Å². The number of benzene rings is 2. The Hall–Kier alpha value is -3.62. The Kier molecular flexibility index (Phi) is 19.2. The molecule has 53 heavy (non-hydrogen) atoms. The topological polar surface area (TPSA) is 89.5 Å².